The van der Waals surface area contributed by atoms with Crippen LogP contribution in [0.25, 0.3) is 21.9 Å². The molecule has 2 amide bonds. The van der Waals surface area contributed by atoms with Crippen molar-refractivity contribution in [2.45, 2.75) is 17.1 Å². The van der Waals surface area contributed by atoms with Crippen LogP contribution in [-0.4, -0.2) is 22.9 Å². The lowest BCUT2D eigenvalue weighted by atomic mass is 10.2. The molecule has 10 nitrogen and oxygen atoms in total. The number of nitrogens with two attached hydrogens (primary N) is 1. The molecule has 0 fully saturated rings. The van der Waals surface area contributed by atoms with Gasteiger partial charge >= 0.3 is 6.03 Å². The van der Waals surface area contributed by atoms with E-state index in [1.165, 1.54) is 12.1 Å². The Balaban J connectivity index is 0.000000197. The number of fused-ring (bicyclic) bond motifs is 2. The maximum atomic E-state index is 12.2. The van der Waals surface area contributed by atoms with Crippen LogP contribution in [0.2, 0.25) is 0 Å². The van der Waals surface area contributed by atoms with Crippen LogP contribution in [0.3, 0.4) is 0 Å². The molecule has 0 saturated heterocycles. The van der Waals surface area contributed by atoms with E-state index in [0.717, 1.165) is 10.9 Å². The number of benzene rings is 3. The molecule has 3 aromatic carbocycles. The van der Waals surface area contributed by atoms with E-state index in [0.29, 0.717) is 22.2 Å². The first-order valence-electron chi connectivity index (χ1n) is 10.4. The molecular weight excluding hydrogens is 506 g/mol. The summed E-state index contributed by atoms with van der Waals surface area (Å²) in [5, 5.41) is 8.22. The lowest BCUT2D eigenvalue weighted by Crippen LogP contribution is -2.34. The molecule has 0 spiro atoms. The van der Waals surface area contributed by atoms with Crippen molar-refractivity contribution >= 4 is 53.7 Å². The summed E-state index contributed by atoms with van der Waals surface area (Å²) < 4.78 is 58.4. The molecule has 0 aliphatic carbocycles. The molecule has 5 rings (SSSR count). The minimum absolute atomic E-state index is 0.200. The highest BCUT2D eigenvalue weighted by atomic mass is 32.2. The Kier molecular flexibility index (Phi) is 6.84. The van der Waals surface area contributed by atoms with E-state index in [1.807, 2.05) is 23.8 Å². The van der Waals surface area contributed by atoms with Crippen LogP contribution in [0.5, 0.6) is 0 Å². The molecule has 2 aromatic heterocycles. The van der Waals surface area contributed by atoms with Gasteiger partial charge in [0.15, 0.2) is 0 Å². The number of sulfonamides is 2. The van der Waals surface area contributed by atoms with Crippen molar-refractivity contribution in [1.29, 1.82) is 0 Å². The fourth-order valence-corrected chi connectivity index (χ4v) is 4.53. The number of aryl methyl sites for hydroxylation is 1. The monoisotopic (exact) mass is 527 g/mol. The van der Waals surface area contributed by atoms with Gasteiger partial charge in [-0.15, -0.1) is 0 Å². The predicted octanol–water partition coefficient (Wildman–Crippen LogP) is 4.33. The highest BCUT2D eigenvalue weighted by Gasteiger charge is 2.22. The van der Waals surface area contributed by atoms with Gasteiger partial charge in [-0.05, 0) is 31.2 Å². The number of primary sulfonamides is 1. The van der Waals surface area contributed by atoms with Gasteiger partial charge in [-0.1, -0.05) is 54.1 Å². The Labute approximate surface area is 206 Å². The summed E-state index contributed by atoms with van der Waals surface area (Å²) in [5.41, 5.74) is 2.48. The predicted molar refractivity (Wildman–Crippen MR) is 134 cm³/mol. The first-order chi connectivity index (χ1) is 17.0. The van der Waals surface area contributed by atoms with Crippen molar-refractivity contribution in [3.63, 3.8) is 0 Å². The number of urea groups is 1. The first kappa shape index (κ1) is 25.0. The summed E-state index contributed by atoms with van der Waals surface area (Å²) >= 11 is 0. The van der Waals surface area contributed by atoms with Crippen LogP contribution in [0, 0.1) is 6.92 Å². The van der Waals surface area contributed by atoms with Crippen LogP contribution < -0.4 is 15.2 Å². The Morgan fingerprint density at radius 3 is 1.78 bits per heavy atom. The molecular formula is C24H21N3O7S2. The van der Waals surface area contributed by atoms with E-state index >= 15 is 0 Å². The third-order valence-corrected chi connectivity index (χ3v) is 6.83. The Morgan fingerprint density at radius 1 is 0.750 bits per heavy atom. The van der Waals surface area contributed by atoms with Gasteiger partial charge < -0.3 is 14.2 Å². The number of carbonyl (C=O) groups is 1. The average Bonchev–Trinajstić information content (AvgIpc) is 3.45. The molecule has 0 bridgehead atoms. The lowest BCUT2D eigenvalue weighted by molar-refractivity contribution is 0.256. The van der Waals surface area contributed by atoms with E-state index in [4.69, 9.17) is 14.0 Å². The third-order valence-electron chi connectivity index (χ3n) is 4.89. The Bertz CT molecular complexity index is 1690. The van der Waals surface area contributed by atoms with Crippen molar-refractivity contribution in [1.82, 2.24) is 4.72 Å². The largest absolute Gasteiger partial charge is 0.443 e. The highest BCUT2D eigenvalue weighted by Crippen LogP contribution is 2.23. The van der Waals surface area contributed by atoms with E-state index in [1.54, 1.807) is 60.7 Å². The topological polar surface area (TPSA) is 162 Å². The molecule has 0 unspecified atom stereocenters. The summed E-state index contributed by atoms with van der Waals surface area (Å²) in [5.74, 6) is 0. The van der Waals surface area contributed by atoms with Gasteiger partial charge in [-0.2, -0.15) is 8.42 Å². The van der Waals surface area contributed by atoms with Crippen LogP contribution in [-0.2, 0) is 20.0 Å². The van der Waals surface area contributed by atoms with Crippen LogP contribution in [0.15, 0.2) is 104 Å². The number of carbonyl (C=O) groups excluding carboxylic acids is 1. The molecule has 4 N–H and O–H groups in total. The number of rotatable bonds is 4. The molecule has 0 aliphatic heterocycles. The number of anilines is 1. The molecule has 12 heteroatoms. The summed E-state index contributed by atoms with van der Waals surface area (Å²) in [6.45, 7) is 1.91. The minimum atomic E-state index is -4.08. The molecule has 0 radical (unpaired) electrons. The van der Waals surface area contributed by atoms with Gasteiger partial charge in [-0.3, -0.25) is 0 Å². The second-order valence-corrected chi connectivity index (χ2v) is 10.8. The molecule has 36 heavy (non-hydrogen) atoms. The van der Waals surface area contributed by atoms with Gasteiger partial charge in [0.2, 0.25) is 10.2 Å². The standard InChI is InChI=1S/C16H14N2O4S.C8H7NO3S/c1-11-6-8-13(9-7-11)17-16(19)18-23(20,21)15-10-12-4-2-3-5-14(12)22-15;9-13(10,11)8-5-6-3-1-2-4-7(6)12-8/h2-10H,1H3,(H2,17,18,19);1-5H,(H2,9,10,11). The van der Waals surface area contributed by atoms with Crippen molar-refractivity contribution in [3.8, 4) is 0 Å². The zero-order valence-electron chi connectivity index (χ0n) is 18.8. The van der Waals surface area contributed by atoms with Gasteiger partial charge in [0.05, 0.1) is 0 Å². The normalized spacial score (nSPS) is 11.6. The second-order valence-electron chi connectivity index (χ2n) is 7.68. The van der Waals surface area contributed by atoms with Crippen LogP contribution >= 0.6 is 0 Å². The van der Waals surface area contributed by atoms with Gasteiger partial charge in [0.25, 0.3) is 20.0 Å². The maximum absolute atomic E-state index is 12.2. The quantitative estimate of drug-likeness (QED) is 0.313. The molecule has 186 valence electrons. The summed E-state index contributed by atoms with van der Waals surface area (Å²) in [6.07, 6.45) is 0. The fraction of sp³-hybridized carbons (Fsp3) is 0.0417. The maximum Gasteiger partial charge on any atom is 0.333 e. The van der Waals surface area contributed by atoms with Gasteiger partial charge in [0, 0.05) is 28.6 Å². The number of nitrogens with one attached hydrogen (secondary N) is 2. The SMILES string of the molecule is Cc1ccc(NC(=O)NS(=O)(=O)c2cc3ccccc3o2)cc1.NS(=O)(=O)c1cc2ccccc2o1. The van der Waals surface area contributed by atoms with Crippen molar-refractivity contribution in [3.05, 3.63) is 90.5 Å². The smallest absolute Gasteiger partial charge is 0.333 e. The number of hydrogen-bond acceptors (Lipinski definition) is 7. The zero-order valence-corrected chi connectivity index (χ0v) is 20.5. The molecule has 0 atom stereocenters. The summed E-state index contributed by atoms with van der Waals surface area (Å²) in [4.78, 5) is 11.9. The van der Waals surface area contributed by atoms with Crippen LogP contribution in [0.4, 0.5) is 10.5 Å². The van der Waals surface area contributed by atoms with E-state index in [2.05, 4.69) is 5.32 Å². The minimum Gasteiger partial charge on any atom is -0.443 e. The van der Waals surface area contributed by atoms with E-state index in [9.17, 15) is 21.6 Å². The molecule has 2 heterocycles. The van der Waals surface area contributed by atoms with Crippen molar-refractivity contribution in [2.24, 2.45) is 5.14 Å². The molecule has 0 saturated carbocycles. The van der Waals surface area contributed by atoms with Crippen molar-refractivity contribution < 1.29 is 30.5 Å². The first-order valence-corrected chi connectivity index (χ1v) is 13.4. The molecule has 0 aliphatic rings. The fourth-order valence-electron chi connectivity index (χ4n) is 3.15. The number of furan rings is 2. The van der Waals surface area contributed by atoms with Gasteiger partial charge in [-0.25, -0.2) is 23.1 Å². The van der Waals surface area contributed by atoms with Gasteiger partial charge in [0.1, 0.15) is 11.2 Å². The Hall–Kier alpha value is -4.13. The number of amides is 2. The zero-order chi connectivity index (χ0) is 25.9. The second kappa shape index (κ2) is 9.85. The lowest BCUT2D eigenvalue weighted by Gasteiger charge is -2.07. The molecule has 5 aromatic rings. The third kappa shape index (κ3) is 5.92. The van der Waals surface area contributed by atoms with Crippen LogP contribution in [0.1, 0.15) is 5.56 Å². The summed E-state index contributed by atoms with van der Waals surface area (Å²) in [7, 11) is -7.81. The van der Waals surface area contributed by atoms with Crippen molar-refractivity contribution in [2.75, 3.05) is 5.32 Å². The average molecular weight is 528 g/mol. The number of para-hydroxylation sites is 2. The number of hydrogen-bond donors (Lipinski definition) is 3. The summed E-state index contributed by atoms with van der Waals surface area (Å²) in [6, 6.07) is 22.8. The Morgan fingerprint density at radius 2 is 1.25 bits per heavy atom. The van der Waals surface area contributed by atoms with E-state index in [-0.39, 0.29) is 10.2 Å². The van der Waals surface area contributed by atoms with E-state index < -0.39 is 26.1 Å². The highest BCUT2D eigenvalue weighted by molar-refractivity contribution is 7.90.